The number of piperidine rings is 1. The highest BCUT2D eigenvalue weighted by atomic mass is 16.2. The summed E-state index contributed by atoms with van der Waals surface area (Å²) in [6.45, 7) is 7.44. The van der Waals surface area contributed by atoms with Gasteiger partial charge in [-0.05, 0) is 44.9 Å². The van der Waals surface area contributed by atoms with E-state index >= 15 is 0 Å². The molecule has 1 aliphatic carbocycles. The molecule has 0 spiro atoms. The van der Waals surface area contributed by atoms with E-state index in [1.807, 2.05) is 30.6 Å². The predicted octanol–water partition coefficient (Wildman–Crippen LogP) is 3.96. The van der Waals surface area contributed by atoms with Crippen LogP contribution in [0.25, 0.3) is 0 Å². The first-order valence-electron chi connectivity index (χ1n) is 11.4. The molecule has 6 heteroatoms. The Morgan fingerprint density at radius 1 is 1.07 bits per heavy atom. The van der Waals surface area contributed by atoms with E-state index in [0.717, 1.165) is 55.3 Å². The third kappa shape index (κ3) is 4.03. The van der Waals surface area contributed by atoms with Crippen LogP contribution in [0, 0.1) is 18.8 Å². The molecular formula is C23H34N4O2. The van der Waals surface area contributed by atoms with E-state index in [4.69, 9.17) is 9.97 Å². The molecule has 3 aliphatic rings. The summed E-state index contributed by atoms with van der Waals surface area (Å²) < 4.78 is 0. The summed E-state index contributed by atoms with van der Waals surface area (Å²) in [7, 11) is 0. The Morgan fingerprint density at radius 2 is 1.79 bits per heavy atom. The van der Waals surface area contributed by atoms with E-state index in [9.17, 15) is 9.59 Å². The average molecular weight is 399 g/mol. The van der Waals surface area contributed by atoms with Gasteiger partial charge in [0.05, 0.1) is 12.5 Å². The van der Waals surface area contributed by atoms with Gasteiger partial charge in [-0.3, -0.25) is 14.5 Å². The van der Waals surface area contributed by atoms with Crippen molar-refractivity contribution < 1.29 is 9.59 Å². The highest BCUT2D eigenvalue weighted by Gasteiger charge is 2.36. The minimum Gasteiger partial charge on any atom is -0.332 e. The van der Waals surface area contributed by atoms with Crippen LogP contribution >= 0.6 is 0 Å². The molecule has 2 fully saturated rings. The lowest BCUT2D eigenvalue weighted by Crippen LogP contribution is -2.41. The maximum atomic E-state index is 12.8. The van der Waals surface area contributed by atoms with E-state index in [2.05, 4.69) is 0 Å². The fourth-order valence-electron chi connectivity index (χ4n) is 5.16. The molecule has 4 rings (SSSR count). The van der Waals surface area contributed by atoms with Crippen LogP contribution < -0.4 is 4.90 Å². The third-order valence-corrected chi connectivity index (χ3v) is 6.84. The molecule has 2 aliphatic heterocycles. The van der Waals surface area contributed by atoms with Crippen molar-refractivity contribution in [3.05, 3.63) is 17.1 Å². The van der Waals surface area contributed by atoms with Gasteiger partial charge in [0.15, 0.2) is 5.82 Å². The molecule has 158 valence electrons. The number of carbonyl (C=O) groups is 2. The number of fused-ring (bicyclic) bond motifs is 1. The number of rotatable bonds is 4. The summed E-state index contributed by atoms with van der Waals surface area (Å²) >= 11 is 0. The van der Waals surface area contributed by atoms with Crippen molar-refractivity contribution in [2.24, 2.45) is 11.8 Å². The third-order valence-electron chi connectivity index (χ3n) is 6.84. The number of likely N-dealkylation sites (tertiary alicyclic amines) is 1. The molecule has 0 radical (unpaired) electrons. The van der Waals surface area contributed by atoms with Crippen LogP contribution in [-0.2, 0) is 16.0 Å². The monoisotopic (exact) mass is 398 g/mol. The molecule has 0 aromatic carbocycles. The number of carbonyl (C=O) groups excluding carboxylic acids is 2. The minimum atomic E-state index is -0.0742. The average Bonchev–Trinajstić information content (AvgIpc) is 3.04. The lowest BCUT2D eigenvalue weighted by Gasteiger charge is -2.36. The van der Waals surface area contributed by atoms with Gasteiger partial charge in [-0.1, -0.05) is 33.1 Å². The summed E-state index contributed by atoms with van der Waals surface area (Å²) in [6, 6.07) is -0.0742. The fraction of sp³-hybridized carbons (Fsp3) is 0.739. The number of anilines is 1. The molecule has 0 bridgehead atoms. The van der Waals surface area contributed by atoms with Crippen molar-refractivity contribution in [1.82, 2.24) is 14.9 Å². The van der Waals surface area contributed by atoms with E-state index in [1.54, 1.807) is 0 Å². The summed E-state index contributed by atoms with van der Waals surface area (Å²) in [5, 5.41) is 0. The van der Waals surface area contributed by atoms with E-state index in [-0.39, 0.29) is 23.8 Å². The van der Waals surface area contributed by atoms with Gasteiger partial charge in [-0.15, -0.1) is 0 Å². The Bertz CT molecular complexity index is 785. The van der Waals surface area contributed by atoms with Crippen LogP contribution in [0.3, 0.4) is 0 Å². The molecule has 29 heavy (non-hydrogen) atoms. The Labute approximate surface area is 174 Å². The Hall–Kier alpha value is -1.98. The normalized spacial score (nSPS) is 23.0. The molecule has 2 amide bonds. The first kappa shape index (κ1) is 20.3. The highest BCUT2D eigenvalue weighted by Crippen LogP contribution is 2.36. The maximum Gasteiger partial charge on any atom is 0.232 e. The van der Waals surface area contributed by atoms with Gasteiger partial charge >= 0.3 is 0 Å². The number of hydrogen-bond acceptors (Lipinski definition) is 4. The van der Waals surface area contributed by atoms with E-state index in [0.29, 0.717) is 12.3 Å². The van der Waals surface area contributed by atoms with Gasteiger partial charge in [-0.2, -0.15) is 0 Å². The van der Waals surface area contributed by atoms with Gasteiger partial charge in [0.25, 0.3) is 0 Å². The quantitative estimate of drug-likeness (QED) is 0.770. The molecule has 1 saturated carbocycles. The Morgan fingerprint density at radius 3 is 2.52 bits per heavy atom. The smallest absolute Gasteiger partial charge is 0.232 e. The number of amides is 2. The molecular weight excluding hydrogens is 364 g/mol. The first-order chi connectivity index (χ1) is 14.0. The maximum absolute atomic E-state index is 12.8. The van der Waals surface area contributed by atoms with Gasteiger partial charge < -0.3 is 4.90 Å². The summed E-state index contributed by atoms with van der Waals surface area (Å²) in [5.41, 5.74) is 1.87. The first-order valence-corrected chi connectivity index (χ1v) is 11.4. The van der Waals surface area contributed by atoms with Crippen LogP contribution in [0.15, 0.2) is 0 Å². The van der Waals surface area contributed by atoms with Gasteiger partial charge in [-0.25, -0.2) is 9.97 Å². The fourth-order valence-corrected chi connectivity index (χ4v) is 5.16. The van der Waals surface area contributed by atoms with E-state index < -0.39 is 0 Å². The van der Waals surface area contributed by atoms with Crippen molar-refractivity contribution in [3.8, 4) is 0 Å². The molecule has 1 saturated heterocycles. The zero-order valence-corrected chi connectivity index (χ0v) is 18.1. The Balaban J connectivity index is 1.64. The zero-order chi connectivity index (χ0) is 20.5. The largest absolute Gasteiger partial charge is 0.332 e. The Kier molecular flexibility index (Phi) is 5.88. The molecule has 1 aromatic heterocycles. The second kappa shape index (κ2) is 8.41. The van der Waals surface area contributed by atoms with Gasteiger partial charge in [0.2, 0.25) is 11.8 Å². The van der Waals surface area contributed by atoms with Crippen LogP contribution in [0.1, 0.15) is 88.3 Å². The number of aryl methyl sites for hydroxylation is 1. The summed E-state index contributed by atoms with van der Waals surface area (Å²) in [5.74, 6) is 2.40. The van der Waals surface area contributed by atoms with E-state index in [1.165, 1.54) is 32.1 Å². The van der Waals surface area contributed by atoms with Gasteiger partial charge in [0, 0.05) is 30.3 Å². The zero-order valence-electron chi connectivity index (χ0n) is 18.1. The molecule has 1 atom stereocenters. The van der Waals surface area contributed by atoms with Crippen LogP contribution in [0.4, 0.5) is 5.82 Å². The second-order valence-electron chi connectivity index (χ2n) is 9.35. The summed E-state index contributed by atoms with van der Waals surface area (Å²) in [4.78, 5) is 39.2. The summed E-state index contributed by atoms with van der Waals surface area (Å²) in [6.07, 6.45) is 9.67. The van der Waals surface area contributed by atoms with Crippen molar-refractivity contribution in [1.29, 1.82) is 0 Å². The van der Waals surface area contributed by atoms with Crippen molar-refractivity contribution >= 4 is 17.6 Å². The van der Waals surface area contributed by atoms with Gasteiger partial charge in [0.1, 0.15) is 5.82 Å². The molecule has 0 N–H and O–H groups in total. The van der Waals surface area contributed by atoms with Crippen LogP contribution in [0.5, 0.6) is 0 Å². The van der Waals surface area contributed by atoms with Crippen LogP contribution in [0.2, 0.25) is 0 Å². The standard InChI is InChI=1S/C23H34N4O2/c1-15(2)23(29)26-12-8-7-11-19(26)21-24-16(3)18-13-20(28)27(22(18)25-21)14-17-9-5-4-6-10-17/h15,17,19H,4-14H2,1-3H3/t19-/m0/s1. The van der Waals surface area contributed by atoms with Crippen LogP contribution in [-0.4, -0.2) is 39.8 Å². The second-order valence-corrected chi connectivity index (χ2v) is 9.35. The topological polar surface area (TPSA) is 66.4 Å². The van der Waals surface area contributed by atoms with Crippen molar-refractivity contribution in [2.75, 3.05) is 18.0 Å². The highest BCUT2D eigenvalue weighted by molar-refractivity contribution is 6.00. The molecule has 6 nitrogen and oxygen atoms in total. The lowest BCUT2D eigenvalue weighted by molar-refractivity contribution is -0.138. The molecule has 0 unspecified atom stereocenters. The van der Waals surface area contributed by atoms with Crippen molar-refractivity contribution in [3.63, 3.8) is 0 Å². The number of aromatic nitrogens is 2. The predicted molar refractivity (Wildman–Crippen MR) is 113 cm³/mol. The number of hydrogen-bond donors (Lipinski definition) is 0. The van der Waals surface area contributed by atoms with Crippen molar-refractivity contribution in [2.45, 2.75) is 84.6 Å². The SMILES string of the molecule is Cc1nc([C@@H]2CCCCN2C(=O)C(C)C)nc2c1CC(=O)N2CC1CCCCC1. The number of nitrogens with zero attached hydrogens (tertiary/aromatic N) is 4. The molecule has 3 heterocycles. The lowest BCUT2D eigenvalue weighted by atomic mass is 9.89. The molecule has 1 aromatic rings. The minimum absolute atomic E-state index is 0.0319.